The number of aromatic nitrogens is 3. The van der Waals surface area contributed by atoms with Crippen LogP contribution in [0.4, 0.5) is 5.69 Å². The van der Waals surface area contributed by atoms with E-state index in [2.05, 4.69) is 14.8 Å². The molecule has 1 saturated heterocycles. The van der Waals surface area contributed by atoms with Crippen molar-refractivity contribution in [2.75, 3.05) is 44.2 Å². The number of hydrogen-bond donors (Lipinski definition) is 1. The molecule has 37 heavy (non-hydrogen) atoms. The van der Waals surface area contributed by atoms with E-state index in [0.717, 1.165) is 54.4 Å². The third kappa shape index (κ3) is 5.73. The van der Waals surface area contributed by atoms with Crippen molar-refractivity contribution in [1.82, 2.24) is 24.6 Å². The number of fused-ring (bicyclic) bond motifs is 1. The lowest BCUT2D eigenvalue weighted by molar-refractivity contribution is -0.129. The van der Waals surface area contributed by atoms with E-state index < -0.39 is 6.10 Å². The van der Waals surface area contributed by atoms with Crippen molar-refractivity contribution in [3.63, 3.8) is 0 Å². The zero-order chi connectivity index (χ0) is 26.1. The lowest BCUT2D eigenvalue weighted by Gasteiger charge is -2.37. The van der Waals surface area contributed by atoms with Crippen LogP contribution < -0.4 is 4.90 Å². The molecule has 8 nitrogen and oxygen atoms in total. The summed E-state index contributed by atoms with van der Waals surface area (Å²) in [6.07, 6.45) is 3.33. The van der Waals surface area contributed by atoms with Gasteiger partial charge in [0.1, 0.15) is 0 Å². The lowest BCUT2D eigenvalue weighted by Crippen LogP contribution is -2.49. The standard InChI is InChI=1S/C26H29Cl3N6O2/c1-17(36)34-7-6-24-21(16-34)25(18-2-4-19(27)5-3-18)31-35(24)15-20(37)14-32-8-10-33(11-9-32)26-22(28)12-30-13-23(26)29/h2-5,12-13,20,37H,6-11,14-16H2,1H3. The van der Waals surface area contributed by atoms with E-state index >= 15 is 0 Å². The predicted molar refractivity (Wildman–Crippen MR) is 146 cm³/mol. The molecule has 1 atom stereocenters. The Morgan fingerprint density at radius 3 is 2.32 bits per heavy atom. The van der Waals surface area contributed by atoms with Gasteiger partial charge in [0.25, 0.3) is 0 Å². The summed E-state index contributed by atoms with van der Waals surface area (Å²) in [7, 11) is 0. The molecule has 5 rings (SSSR count). The molecule has 1 N–H and O–H groups in total. The van der Waals surface area contributed by atoms with Gasteiger partial charge in [0.15, 0.2) is 0 Å². The maximum absolute atomic E-state index is 12.1. The number of piperazine rings is 1. The minimum absolute atomic E-state index is 0.0500. The van der Waals surface area contributed by atoms with Crippen LogP contribution in [0.1, 0.15) is 18.2 Å². The molecule has 196 valence electrons. The molecule has 2 aliphatic rings. The number of carbonyl (C=O) groups excluding carboxylic acids is 1. The summed E-state index contributed by atoms with van der Waals surface area (Å²) >= 11 is 18.8. The first-order valence-corrected chi connectivity index (χ1v) is 13.5. The van der Waals surface area contributed by atoms with Crippen LogP contribution in [0.15, 0.2) is 36.7 Å². The van der Waals surface area contributed by atoms with Crippen molar-refractivity contribution >= 4 is 46.4 Å². The molecule has 3 aromatic rings. The van der Waals surface area contributed by atoms with Gasteiger partial charge in [-0.15, -0.1) is 0 Å². The number of β-amino-alcohol motifs (C(OH)–C–C–N with tert-alkyl or cyclic N) is 1. The number of pyridine rings is 1. The molecule has 2 aliphatic heterocycles. The highest BCUT2D eigenvalue weighted by atomic mass is 35.5. The Labute approximate surface area is 231 Å². The molecule has 0 bridgehead atoms. The van der Waals surface area contributed by atoms with Crippen LogP contribution in [0.5, 0.6) is 0 Å². The Hall–Kier alpha value is -2.36. The minimum Gasteiger partial charge on any atom is -0.390 e. The first kappa shape index (κ1) is 26.3. The van der Waals surface area contributed by atoms with E-state index in [-0.39, 0.29) is 5.91 Å². The first-order valence-electron chi connectivity index (χ1n) is 12.3. The van der Waals surface area contributed by atoms with Gasteiger partial charge in [0.05, 0.1) is 34.1 Å². The predicted octanol–water partition coefficient (Wildman–Crippen LogP) is 3.99. The van der Waals surface area contributed by atoms with E-state index in [1.54, 1.807) is 19.3 Å². The van der Waals surface area contributed by atoms with Gasteiger partial charge in [0.2, 0.25) is 5.91 Å². The number of nitrogens with zero attached hydrogens (tertiary/aromatic N) is 6. The summed E-state index contributed by atoms with van der Waals surface area (Å²) in [4.78, 5) is 22.4. The fourth-order valence-corrected chi connectivity index (χ4v) is 5.90. The maximum atomic E-state index is 12.1. The van der Waals surface area contributed by atoms with Crippen LogP contribution in [-0.2, 0) is 24.3 Å². The van der Waals surface area contributed by atoms with Gasteiger partial charge >= 0.3 is 0 Å². The molecule has 1 unspecified atom stereocenters. The fourth-order valence-electron chi connectivity index (χ4n) is 5.17. The van der Waals surface area contributed by atoms with Gasteiger partial charge in [-0.05, 0) is 12.1 Å². The first-order chi connectivity index (χ1) is 17.8. The van der Waals surface area contributed by atoms with Gasteiger partial charge in [-0.2, -0.15) is 5.10 Å². The number of aliphatic hydroxyl groups excluding tert-OH is 1. The number of benzene rings is 1. The Balaban J connectivity index is 1.28. The molecule has 2 aromatic heterocycles. The van der Waals surface area contributed by atoms with Crippen molar-refractivity contribution in [3.8, 4) is 11.3 Å². The van der Waals surface area contributed by atoms with E-state index in [9.17, 15) is 9.90 Å². The number of aliphatic hydroxyl groups is 1. The summed E-state index contributed by atoms with van der Waals surface area (Å²) in [6.45, 7) is 6.77. The van der Waals surface area contributed by atoms with Crippen molar-refractivity contribution in [1.29, 1.82) is 0 Å². The molecule has 1 aromatic carbocycles. The SMILES string of the molecule is CC(=O)N1CCc2c(c(-c3ccc(Cl)cc3)nn2CC(O)CN2CCN(c3c(Cl)cncc3Cl)CC2)C1. The number of halogens is 3. The molecule has 0 spiro atoms. The molecular weight excluding hydrogens is 535 g/mol. The summed E-state index contributed by atoms with van der Waals surface area (Å²) in [5.41, 5.74) is 4.72. The largest absolute Gasteiger partial charge is 0.390 e. The third-order valence-electron chi connectivity index (χ3n) is 7.07. The second-order valence-corrected chi connectivity index (χ2v) is 10.8. The molecular formula is C26H29Cl3N6O2. The Bertz CT molecular complexity index is 1250. The monoisotopic (exact) mass is 562 g/mol. The van der Waals surface area contributed by atoms with Crippen molar-refractivity contribution in [3.05, 3.63) is 63.0 Å². The van der Waals surface area contributed by atoms with E-state index in [0.29, 0.717) is 47.7 Å². The topological polar surface area (TPSA) is 77.7 Å². The lowest BCUT2D eigenvalue weighted by atomic mass is 10.0. The quantitative estimate of drug-likeness (QED) is 0.489. The molecule has 1 amide bonds. The van der Waals surface area contributed by atoms with Gasteiger partial charge in [0, 0.05) is 93.4 Å². The molecule has 0 radical (unpaired) electrons. The van der Waals surface area contributed by atoms with E-state index in [1.807, 2.05) is 33.8 Å². The summed E-state index contributed by atoms with van der Waals surface area (Å²) < 4.78 is 1.92. The van der Waals surface area contributed by atoms with Crippen molar-refractivity contribution in [2.45, 2.75) is 32.5 Å². The smallest absolute Gasteiger partial charge is 0.219 e. The van der Waals surface area contributed by atoms with Crippen LogP contribution in [0.3, 0.4) is 0 Å². The highest BCUT2D eigenvalue weighted by molar-refractivity contribution is 6.38. The Morgan fingerprint density at radius 2 is 1.68 bits per heavy atom. The zero-order valence-electron chi connectivity index (χ0n) is 20.6. The average molecular weight is 564 g/mol. The summed E-state index contributed by atoms with van der Waals surface area (Å²) in [5, 5.41) is 17.7. The average Bonchev–Trinajstić information content (AvgIpc) is 3.22. The third-order valence-corrected chi connectivity index (χ3v) is 7.87. The van der Waals surface area contributed by atoms with Crippen LogP contribution in [0.25, 0.3) is 11.3 Å². The van der Waals surface area contributed by atoms with Gasteiger partial charge in [-0.3, -0.25) is 19.4 Å². The number of amides is 1. The normalized spacial score (nSPS) is 17.1. The van der Waals surface area contributed by atoms with E-state index in [4.69, 9.17) is 39.9 Å². The van der Waals surface area contributed by atoms with Crippen LogP contribution >= 0.6 is 34.8 Å². The molecule has 0 saturated carbocycles. The number of hydrogen-bond acceptors (Lipinski definition) is 6. The Kier molecular flexibility index (Phi) is 7.93. The van der Waals surface area contributed by atoms with E-state index in [1.165, 1.54) is 0 Å². The van der Waals surface area contributed by atoms with Crippen LogP contribution in [0.2, 0.25) is 15.1 Å². The zero-order valence-corrected chi connectivity index (χ0v) is 22.8. The van der Waals surface area contributed by atoms with Crippen molar-refractivity contribution in [2.24, 2.45) is 0 Å². The van der Waals surface area contributed by atoms with Crippen LogP contribution in [0, 0.1) is 0 Å². The summed E-state index contributed by atoms with van der Waals surface area (Å²) in [6, 6.07) is 7.57. The van der Waals surface area contributed by atoms with Crippen LogP contribution in [-0.4, -0.2) is 81.0 Å². The fraction of sp³-hybridized carbons (Fsp3) is 0.423. The second kappa shape index (κ2) is 11.2. The number of rotatable bonds is 6. The van der Waals surface area contributed by atoms with Gasteiger partial charge in [-0.25, -0.2) is 0 Å². The molecule has 11 heteroatoms. The molecule has 0 aliphatic carbocycles. The minimum atomic E-state index is -0.590. The molecule has 1 fully saturated rings. The Morgan fingerprint density at radius 1 is 1.00 bits per heavy atom. The second-order valence-electron chi connectivity index (χ2n) is 9.55. The molecule has 4 heterocycles. The maximum Gasteiger partial charge on any atom is 0.219 e. The van der Waals surface area contributed by atoms with Crippen molar-refractivity contribution < 1.29 is 9.90 Å². The number of carbonyl (C=O) groups is 1. The van der Waals surface area contributed by atoms with Gasteiger partial charge < -0.3 is 14.9 Å². The number of anilines is 1. The van der Waals surface area contributed by atoms with Gasteiger partial charge in [-0.1, -0.05) is 46.9 Å². The highest BCUT2D eigenvalue weighted by Gasteiger charge is 2.28. The summed E-state index contributed by atoms with van der Waals surface area (Å²) in [5.74, 6) is 0.0500. The highest BCUT2D eigenvalue weighted by Crippen LogP contribution is 2.33.